The molecule has 0 saturated heterocycles. The van der Waals surface area contributed by atoms with Gasteiger partial charge >= 0.3 is 0 Å². The van der Waals surface area contributed by atoms with E-state index in [1.54, 1.807) is 13.0 Å². The Morgan fingerprint density at radius 2 is 2.00 bits per heavy atom. The van der Waals surface area contributed by atoms with Crippen molar-refractivity contribution in [3.63, 3.8) is 0 Å². The Bertz CT molecular complexity index is 891. The molecule has 0 unspecified atom stereocenters. The highest BCUT2D eigenvalue weighted by Crippen LogP contribution is 2.17. The number of thioether (sulfide) groups is 1. The average Bonchev–Trinajstić information content (AvgIpc) is 2.67. The average molecular weight is 405 g/mol. The van der Waals surface area contributed by atoms with Crippen LogP contribution >= 0.6 is 11.8 Å². The number of hydrogen-bond donors (Lipinski definition) is 2. The lowest BCUT2D eigenvalue weighted by Crippen LogP contribution is -2.44. The molecule has 2 rings (SSSR count). The van der Waals surface area contributed by atoms with Crippen molar-refractivity contribution in [2.24, 2.45) is 0 Å². The summed E-state index contributed by atoms with van der Waals surface area (Å²) in [6.07, 6.45) is 2.22. The maximum atomic E-state index is 13.5. The van der Waals surface area contributed by atoms with Gasteiger partial charge in [0.2, 0.25) is 5.91 Å². The van der Waals surface area contributed by atoms with E-state index in [9.17, 15) is 24.1 Å². The molecule has 9 heteroatoms. The molecule has 0 radical (unpaired) electrons. The number of carbonyl (C=O) groups is 2. The van der Waals surface area contributed by atoms with Crippen LogP contribution in [0, 0.1) is 22.9 Å². The van der Waals surface area contributed by atoms with Gasteiger partial charge in [0.05, 0.1) is 4.92 Å². The van der Waals surface area contributed by atoms with E-state index in [-0.39, 0.29) is 11.3 Å². The zero-order chi connectivity index (χ0) is 20.7. The highest BCUT2D eigenvalue weighted by Gasteiger charge is 2.22. The molecule has 7 nitrogen and oxygen atoms in total. The normalized spacial score (nSPS) is 11.5. The fourth-order valence-corrected chi connectivity index (χ4v) is 2.93. The molecule has 0 aliphatic rings. The predicted molar refractivity (Wildman–Crippen MR) is 107 cm³/mol. The number of rotatable bonds is 8. The first kappa shape index (κ1) is 21.4. The van der Waals surface area contributed by atoms with Gasteiger partial charge in [-0.15, -0.1) is 0 Å². The molecule has 2 N–H and O–H groups in total. The highest BCUT2D eigenvalue weighted by atomic mass is 32.2. The molecule has 0 fully saturated rings. The first-order valence-electron chi connectivity index (χ1n) is 8.43. The van der Waals surface area contributed by atoms with Gasteiger partial charge < -0.3 is 10.6 Å². The van der Waals surface area contributed by atoms with Crippen LogP contribution in [0.1, 0.15) is 22.3 Å². The number of halogens is 1. The minimum Gasteiger partial charge on any atom is -0.340 e. The van der Waals surface area contributed by atoms with Gasteiger partial charge in [0.15, 0.2) is 0 Å². The quantitative estimate of drug-likeness (QED) is 0.517. The summed E-state index contributed by atoms with van der Waals surface area (Å²) in [7, 11) is 0. The third-order valence-electron chi connectivity index (χ3n) is 4.01. The van der Waals surface area contributed by atoms with E-state index in [0.29, 0.717) is 23.4 Å². The molecule has 148 valence electrons. The summed E-state index contributed by atoms with van der Waals surface area (Å²) in [5, 5.41) is 16.1. The Morgan fingerprint density at radius 3 is 2.68 bits per heavy atom. The van der Waals surface area contributed by atoms with Gasteiger partial charge in [-0.05, 0) is 49.1 Å². The van der Waals surface area contributed by atoms with Crippen LogP contribution in [0.25, 0.3) is 0 Å². The first-order chi connectivity index (χ1) is 13.3. The van der Waals surface area contributed by atoms with Crippen LogP contribution in [0.5, 0.6) is 0 Å². The zero-order valence-corrected chi connectivity index (χ0v) is 16.2. The highest BCUT2D eigenvalue weighted by molar-refractivity contribution is 7.98. The topological polar surface area (TPSA) is 101 Å². The van der Waals surface area contributed by atoms with Crippen LogP contribution in [-0.2, 0) is 4.79 Å². The van der Waals surface area contributed by atoms with Gasteiger partial charge in [-0.1, -0.05) is 12.1 Å². The summed E-state index contributed by atoms with van der Waals surface area (Å²) in [5.41, 5.74) is 0.873. The molecule has 0 saturated carbocycles. The van der Waals surface area contributed by atoms with Crippen LogP contribution in [0.4, 0.5) is 15.8 Å². The second-order valence-corrected chi connectivity index (χ2v) is 7.05. The van der Waals surface area contributed by atoms with Gasteiger partial charge in [0.25, 0.3) is 11.6 Å². The fourth-order valence-electron chi connectivity index (χ4n) is 2.46. The number of amides is 2. The maximum absolute atomic E-state index is 13.5. The molecule has 28 heavy (non-hydrogen) atoms. The number of hydrogen-bond acceptors (Lipinski definition) is 5. The number of anilines is 1. The summed E-state index contributed by atoms with van der Waals surface area (Å²) in [5.74, 6) is -0.959. The molecule has 2 aromatic rings. The summed E-state index contributed by atoms with van der Waals surface area (Å²) < 4.78 is 13.5. The van der Waals surface area contributed by atoms with Crippen molar-refractivity contribution in [3.8, 4) is 0 Å². The third-order valence-corrected chi connectivity index (χ3v) is 4.65. The Labute approximate surface area is 165 Å². The smallest absolute Gasteiger partial charge is 0.270 e. The Morgan fingerprint density at radius 1 is 1.25 bits per heavy atom. The molecule has 2 aromatic carbocycles. The van der Waals surface area contributed by atoms with Gasteiger partial charge in [-0.25, -0.2) is 4.39 Å². The zero-order valence-electron chi connectivity index (χ0n) is 15.4. The molecule has 2 amide bonds. The number of nitrogens with zero attached hydrogens (tertiary/aromatic N) is 1. The lowest BCUT2D eigenvalue weighted by molar-refractivity contribution is -0.384. The standard InChI is InChI=1S/C19H20FN3O4S/c1-12-6-7-14(20)11-17(12)22-19(25)16(8-9-28-2)21-18(24)13-4-3-5-15(10-13)23(26)27/h3-7,10-11,16H,8-9H2,1-2H3,(H,21,24)(H,22,25)/t16-/m1/s1. The molecule has 0 heterocycles. The Hall–Kier alpha value is -2.94. The van der Waals surface area contributed by atoms with E-state index in [2.05, 4.69) is 10.6 Å². The third kappa shape index (κ3) is 5.78. The molecule has 1 atom stereocenters. The number of nitrogens with one attached hydrogen (secondary N) is 2. The number of aryl methyl sites for hydroxylation is 1. The molecular weight excluding hydrogens is 385 g/mol. The fraction of sp³-hybridized carbons (Fsp3) is 0.263. The van der Waals surface area contributed by atoms with Crippen molar-refractivity contribution in [1.29, 1.82) is 0 Å². The van der Waals surface area contributed by atoms with E-state index in [4.69, 9.17) is 0 Å². The molecular formula is C19H20FN3O4S. The monoisotopic (exact) mass is 405 g/mol. The van der Waals surface area contributed by atoms with Crippen molar-refractivity contribution in [3.05, 3.63) is 69.5 Å². The largest absolute Gasteiger partial charge is 0.340 e. The van der Waals surface area contributed by atoms with E-state index >= 15 is 0 Å². The van der Waals surface area contributed by atoms with E-state index in [1.807, 2.05) is 6.26 Å². The number of carbonyl (C=O) groups excluding carboxylic acids is 2. The molecule has 0 spiro atoms. The van der Waals surface area contributed by atoms with Gasteiger partial charge in [-0.2, -0.15) is 11.8 Å². The van der Waals surface area contributed by atoms with Gasteiger partial charge in [-0.3, -0.25) is 19.7 Å². The van der Waals surface area contributed by atoms with E-state index < -0.39 is 28.6 Å². The van der Waals surface area contributed by atoms with Crippen molar-refractivity contribution in [2.45, 2.75) is 19.4 Å². The van der Waals surface area contributed by atoms with Crippen molar-refractivity contribution < 1.29 is 18.9 Å². The maximum Gasteiger partial charge on any atom is 0.270 e. The summed E-state index contributed by atoms with van der Waals surface area (Å²) in [4.78, 5) is 35.4. The SMILES string of the molecule is CSCC[C@@H](NC(=O)c1cccc([N+](=O)[O-])c1)C(=O)Nc1cc(F)ccc1C. The van der Waals surface area contributed by atoms with Gasteiger partial charge in [0, 0.05) is 23.4 Å². The van der Waals surface area contributed by atoms with Crippen molar-refractivity contribution in [2.75, 3.05) is 17.3 Å². The molecule has 0 aromatic heterocycles. The minimum atomic E-state index is -0.873. The predicted octanol–water partition coefficient (Wildman–Crippen LogP) is 3.53. The van der Waals surface area contributed by atoms with E-state index in [1.165, 1.54) is 42.1 Å². The minimum absolute atomic E-state index is 0.0816. The lowest BCUT2D eigenvalue weighted by atomic mass is 10.1. The van der Waals surface area contributed by atoms with Crippen molar-refractivity contribution >= 4 is 35.0 Å². The number of non-ortho nitro benzene ring substituents is 1. The molecule has 0 bridgehead atoms. The number of nitro groups is 1. The van der Waals surface area contributed by atoms with Gasteiger partial charge in [0.1, 0.15) is 11.9 Å². The van der Waals surface area contributed by atoms with Crippen LogP contribution in [0.15, 0.2) is 42.5 Å². The van der Waals surface area contributed by atoms with Crippen LogP contribution < -0.4 is 10.6 Å². The summed E-state index contributed by atoms with van der Waals surface area (Å²) in [6, 6.07) is 8.44. The second-order valence-electron chi connectivity index (χ2n) is 6.06. The Balaban J connectivity index is 2.17. The summed E-state index contributed by atoms with van der Waals surface area (Å²) in [6.45, 7) is 1.73. The number of nitro benzene ring substituents is 1. The van der Waals surface area contributed by atoms with E-state index in [0.717, 1.165) is 6.07 Å². The number of benzene rings is 2. The van der Waals surface area contributed by atoms with Crippen molar-refractivity contribution in [1.82, 2.24) is 5.32 Å². The van der Waals surface area contributed by atoms with Crippen LogP contribution in [0.2, 0.25) is 0 Å². The summed E-state index contributed by atoms with van der Waals surface area (Å²) >= 11 is 1.51. The molecule has 0 aliphatic carbocycles. The van der Waals surface area contributed by atoms with Crippen LogP contribution in [-0.4, -0.2) is 34.8 Å². The Kier molecular flexibility index (Phi) is 7.51. The van der Waals surface area contributed by atoms with Crippen LogP contribution in [0.3, 0.4) is 0 Å². The lowest BCUT2D eigenvalue weighted by Gasteiger charge is -2.19. The molecule has 0 aliphatic heterocycles. The second kappa shape index (κ2) is 9.84. The first-order valence-corrected chi connectivity index (χ1v) is 9.82.